The summed E-state index contributed by atoms with van der Waals surface area (Å²) in [4.78, 5) is 15.4. The topological polar surface area (TPSA) is 108 Å². The minimum atomic E-state index is -1.03. The van der Waals surface area contributed by atoms with Gasteiger partial charge in [-0.2, -0.15) is 5.26 Å². The van der Waals surface area contributed by atoms with Crippen molar-refractivity contribution in [2.24, 2.45) is 0 Å². The highest BCUT2D eigenvalue weighted by molar-refractivity contribution is 5.70. The fourth-order valence-corrected chi connectivity index (χ4v) is 3.82. The Morgan fingerprint density at radius 3 is 2.93 bits per heavy atom. The summed E-state index contributed by atoms with van der Waals surface area (Å²) in [5.74, 6) is 1.55. The largest absolute Gasteiger partial charge is 0.490 e. The summed E-state index contributed by atoms with van der Waals surface area (Å²) in [5, 5.41) is 21.1. The molecular formula is C23H21N3O4. The Hall–Kier alpha value is -3.79. The van der Waals surface area contributed by atoms with Gasteiger partial charge in [-0.15, -0.1) is 0 Å². The monoisotopic (exact) mass is 403 g/mol. The van der Waals surface area contributed by atoms with Gasteiger partial charge in [-0.3, -0.25) is 0 Å². The van der Waals surface area contributed by atoms with E-state index in [4.69, 9.17) is 14.3 Å². The normalized spacial score (nSPS) is 14.9. The second-order valence-corrected chi connectivity index (χ2v) is 7.43. The molecule has 1 atom stereocenters. The molecule has 1 unspecified atom stereocenters. The molecule has 1 aliphatic rings. The molecule has 0 aliphatic heterocycles. The van der Waals surface area contributed by atoms with Crippen LogP contribution < -0.4 is 10.1 Å². The van der Waals surface area contributed by atoms with Crippen LogP contribution in [0.1, 0.15) is 43.0 Å². The molecule has 0 bridgehead atoms. The molecule has 0 radical (unpaired) electrons. The molecule has 1 aliphatic carbocycles. The Balaban J connectivity index is 1.66. The van der Waals surface area contributed by atoms with Gasteiger partial charge in [0.1, 0.15) is 11.8 Å². The van der Waals surface area contributed by atoms with E-state index in [1.807, 2.05) is 38.1 Å². The lowest BCUT2D eigenvalue weighted by atomic mass is 10.0. The number of carbonyl (C=O) groups is 1. The first-order chi connectivity index (χ1) is 14.5. The van der Waals surface area contributed by atoms with Gasteiger partial charge >= 0.3 is 6.09 Å². The van der Waals surface area contributed by atoms with Gasteiger partial charge in [0.2, 0.25) is 5.89 Å². The fourth-order valence-electron chi connectivity index (χ4n) is 3.82. The van der Waals surface area contributed by atoms with Gasteiger partial charge in [0.15, 0.2) is 5.76 Å². The van der Waals surface area contributed by atoms with Gasteiger partial charge in [-0.05, 0) is 56.0 Å². The average molecular weight is 403 g/mol. The lowest BCUT2D eigenvalue weighted by Crippen LogP contribution is -2.24. The first-order valence-corrected chi connectivity index (χ1v) is 9.75. The molecule has 2 N–H and O–H groups in total. The summed E-state index contributed by atoms with van der Waals surface area (Å²) in [5.41, 5.74) is 4.05. The Kier molecular flexibility index (Phi) is 5.15. The number of oxazole rings is 1. The van der Waals surface area contributed by atoms with Crippen LogP contribution in [0.15, 0.2) is 47.0 Å². The number of nitriles is 1. The standard InChI is InChI=1S/C23H21N3O4/c1-13(2)29-20-9-6-14(10-15(20)11-24)22-25-12-21(30-22)18-5-3-4-17-16(18)7-8-19(17)26-23(27)28/h3-6,9-10,12-13,19,26H,7-8H2,1-2H3,(H,27,28). The van der Waals surface area contributed by atoms with E-state index in [-0.39, 0.29) is 12.1 Å². The van der Waals surface area contributed by atoms with E-state index in [0.717, 1.165) is 23.1 Å². The van der Waals surface area contributed by atoms with Gasteiger partial charge < -0.3 is 19.6 Å². The number of hydrogen-bond donors (Lipinski definition) is 2. The molecule has 152 valence electrons. The summed E-state index contributed by atoms with van der Waals surface area (Å²) < 4.78 is 11.7. The first kappa shape index (κ1) is 19.5. The van der Waals surface area contributed by atoms with Crippen molar-refractivity contribution in [3.05, 3.63) is 59.3 Å². The molecule has 7 nitrogen and oxygen atoms in total. The smallest absolute Gasteiger partial charge is 0.405 e. The summed E-state index contributed by atoms with van der Waals surface area (Å²) in [6, 6.07) is 13.0. The number of amides is 1. The number of ether oxygens (including phenoxy) is 1. The number of benzene rings is 2. The van der Waals surface area contributed by atoms with Crippen LogP contribution in [0.3, 0.4) is 0 Å². The van der Waals surface area contributed by atoms with Gasteiger partial charge in [-0.25, -0.2) is 9.78 Å². The molecule has 1 heterocycles. The van der Waals surface area contributed by atoms with Crippen LogP contribution in [0.2, 0.25) is 0 Å². The summed E-state index contributed by atoms with van der Waals surface area (Å²) in [7, 11) is 0. The quantitative estimate of drug-likeness (QED) is 0.626. The molecule has 7 heteroatoms. The first-order valence-electron chi connectivity index (χ1n) is 9.75. The predicted molar refractivity (Wildman–Crippen MR) is 110 cm³/mol. The zero-order valence-corrected chi connectivity index (χ0v) is 16.7. The highest BCUT2D eigenvalue weighted by Crippen LogP contribution is 2.39. The predicted octanol–water partition coefficient (Wildman–Crippen LogP) is 4.92. The van der Waals surface area contributed by atoms with Crippen LogP contribution in [-0.2, 0) is 6.42 Å². The molecule has 3 aromatic rings. The number of aromatic nitrogens is 1. The minimum absolute atomic E-state index is 0.0316. The van der Waals surface area contributed by atoms with Crippen molar-refractivity contribution in [1.82, 2.24) is 10.3 Å². The van der Waals surface area contributed by atoms with E-state index in [2.05, 4.69) is 16.4 Å². The Morgan fingerprint density at radius 2 is 2.20 bits per heavy atom. The van der Waals surface area contributed by atoms with Crippen molar-refractivity contribution in [1.29, 1.82) is 5.26 Å². The number of fused-ring (bicyclic) bond motifs is 1. The molecule has 0 spiro atoms. The van der Waals surface area contributed by atoms with Crippen molar-refractivity contribution in [2.75, 3.05) is 0 Å². The third-order valence-corrected chi connectivity index (χ3v) is 5.05. The van der Waals surface area contributed by atoms with Crippen LogP contribution in [-0.4, -0.2) is 22.3 Å². The Bertz CT molecular complexity index is 1140. The SMILES string of the molecule is CC(C)Oc1ccc(-c2ncc(-c3cccc4c3CCC4NC(=O)O)o2)cc1C#N. The van der Waals surface area contributed by atoms with Gasteiger partial charge in [0, 0.05) is 11.1 Å². The lowest BCUT2D eigenvalue weighted by molar-refractivity contribution is 0.190. The zero-order chi connectivity index (χ0) is 21.3. The zero-order valence-electron chi connectivity index (χ0n) is 16.7. The number of hydrogen-bond acceptors (Lipinski definition) is 5. The minimum Gasteiger partial charge on any atom is -0.490 e. The van der Waals surface area contributed by atoms with Gasteiger partial charge in [0.25, 0.3) is 0 Å². The molecule has 0 saturated heterocycles. The van der Waals surface area contributed by atoms with Crippen molar-refractivity contribution in [3.8, 4) is 34.6 Å². The Morgan fingerprint density at radius 1 is 1.37 bits per heavy atom. The lowest BCUT2D eigenvalue weighted by Gasteiger charge is -2.12. The molecular weight excluding hydrogens is 382 g/mol. The van der Waals surface area contributed by atoms with Crippen molar-refractivity contribution >= 4 is 6.09 Å². The number of nitrogens with one attached hydrogen (secondary N) is 1. The summed E-state index contributed by atoms with van der Waals surface area (Å²) in [6.07, 6.45) is 2.07. The van der Waals surface area contributed by atoms with E-state index in [0.29, 0.717) is 34.9 Å². The average Bonchev–Trinajstić information content (AvgIpc) is 3.35. The molecule has 30 heavy (non-hydrogen) atoms. The fraction of sp³-hybridized carbons (Fsp3) is 0.261. The molecule has 0 fully saturated rings. The maximum atomic E-state index is 11.0. The van der Waals surface area contributed by atoms with E-state index in [1.165, 1.54) is 0 Å². The van der Waals surface area contributed by atoms with Crippen LogP contribution in [0.5, 0.6) is 5.75 Å². The summed E-state index contributed by atoms with van der Waals surface area (Å²) in [6.45, 7) is 3.81. The molecule has 4 rings (SSSR count). The third-order valence-electron chi connectivity index (χ3n) is 5.05. The van der Waals surface area contributed by atoms with Crippen LogP contribution in [0.4, 0.5) is 4.79 Å². The van der Waals surface area contributed by atoms with Crippen molar-refractivity contribution in [2.45, 2.75) is 38.8 Å². The Labute approximate surface area is 173 Å². The molecule has 0 saturated carbocycles. The van der Waals surface area contributed by atoms with Gasteiger partial charge in [-0.1, -0.05) is 18.2 Å². The maximum absolute atomic E-state index is 11.0. The number of nitrogens with zero attached hydrogens (tertiary/aromatic N) is 2. The van der Waals surface area contributed by atoms with Crippen LogP contribution in [0.25, 0.3) is 22.8 Å². The number of rotatable bonds is 5. The maximum Gasteiger partial charge on any atom is 0.405 e. The summed E-state index contributed by atoms with van der Waals surface area (Å²) >= 11 is 0. The second kappa shape index (κ2) is 7.91. The van der Waals surface area contributed by atoms with Crippen LogP contribution >= 0.6 is 0 Å². The molecule has 2 aromatic carbocycles. The third kappa shape index (κ3) is 3.72. The van der Waals surface area contributed by atoms with Crippen molar-refractivity contribution in [3.63, 3.8) is 0 Å². The van der Waals surface area contributed by atoms with Gasteiger partial charge in [0.05, 0.1) is 23.9 Å². The molecule has 1 aromatic heterocycles. The van der Waals surface area contributed by atoms with Crippen molar-refractivity contribution < 1.29 is 19.1 Å². The van der Waals surface area contributed by atoms with Crippen LogP contribution in [0, 0.1) is 11.3 Å². The highest BCUT2D eigenvalue weighted by atomic mass is 16.5. The highest BCUT2D eigenvalue weighted by Gasteiger charge is 2.27. The molecule has 1 amide bonds. The number of carboxylic acid groups (broad SMARTS) is 1. The van der Waals surface area contributed by atoms with E-state index in [1.54, 1.807) is 18.3 Å². The van der Waals surface area contributed by atoms with E-state index in [9.17, 15) is 10.1 Å². The second-order valence-electron chi connectivity index (χ2n) is 7.43. The van der Waals surface area contributed by atoms with E-state index < -0.39 is 6.09 Å². The van der Waals surface area contributed by atoms with E-state index >= 15 is 0 Å².